The first-order valence-electron chi connectivity index (χ1n) is 6.60. The zero-order chi connectivity index (χ0) is 12.4. The number of rotatable bonds is 5. The predicted octanol–water partition coefficient (Wildman–Crippen LogP) is 1.74. The molecule has 2 rings (SSSR count). The van der Waals surface area contributed by atoms with Gasteiger partial charge in [-0.05, 0) is 38.5 Å². The predicted molar refractivity (Wildman–Crippen MR) is 65.0 cm³/mol. The Balaban J connectivity index is 1.91. The minimum Gasteiger partial charge on any atom is -0.481 e. The smallest absolute Gasteiger partial charge is 0.303 e. The Morgan fingerprint density at radius 2 is 2.00 bits per heavy atom. The van der Waals surface area contributed by atoms with Crippen LogP contribution in [0.2, 0.25) is 0 Å². The molecule has 1 N–H and O–H groups in total. The van der Waals surface area contributed by atoms with Gasteiger partial charge in [-0.15, -0.1) is 0 Å². The van der Waals surface area contributed by atoms with Gasteiger partial charge in [0.15, 0.2) is 0 Å². The van der Waals surface area contributed by atoms with Crippen LogP contribution in [-0.4, -0.2) is 47.8 Å². The lowest BCUT2D eigenvalue weighted by atomic mass is 9.88. The van der Waals surface area contributed by atoms with Gasteiger partial charge in [-0.2, -0.15) is 0 Å². The molecular formula is C13H23NO3. The van der Waals surface area contributed by atoms with Gasteiger partial charge in [0.05, 0.1) is 6.10 Å². The van der Waals surface area contributed by atoms with Crippen LogP contribution >= 0.6 is 0 Å². The molecule has 0 saturated carbocycles. The summed E-state index contributed by atoms with van der Waals surface area (Å²) in [5.41, 5.74) is 0. The topological polar surface area (TPSA) is 49.8 Å². The van der Waals surface area contributed by atoms with Crippen molar-refractivity contribution in [3.63, 3.8) is 0 Å². The fraction of sp³-hybridized carbons (Fsp3) is 0.923. The molecule has 0 aromatic rings. The summed E-state index contributed by atoms with van der Waals surface area (Å²) in [7, 11) is 1.75. The first-order valence-corrected chi connectivity index (χ1v) is 6.60. The number of methoxy groups -OCH3 is 1. The van der Waals surface area contributed by atoms with E-state index in [1.807, 2.05) is 0 Å². The maximum Gasteiger partial charge on any atom is 0.303 e. The van der Waals surface area contributed by atoms with E-state index in [4.69, 9.17) is 9.84 Å². The van der Waals surface area contributed by atoms with Gasteiger partial charge in [0.25, 0.3) is 0 Å². The van der Waals surface area contributed by atoms with Gasteiger partial charge >= 0.3 is 5.97 Å². The minimum atomic E-state index is -0.645. The monoisotopic (exact) mass is 241 g/mol. The molecule has 0 aromatic carbocycles. The van der Waals surface area contributed by atoms with Gasteiger partial charge in [0.1, 0.15) is 0 Å². The lowest BCUT2D eigenvalue weighted by molar-refractivity contribution is -0.138. The van der Waals surface area contributed by atoms with Crippen LogP contribution in [0, 0.1) is 5.92 Å². The summed E-state index contributed by atoms with van der Waals surface area (Å²) in [4.78, 5) is 13.3. The molecule has 17 heavy (non-hydrogen) atoms. The normalized spacial score (nSPS) is 34.8. The summed E-state index contributed by atoms with van der Waals surface area (Å²) in [5.74, 6) is -0.257. The molecule has 2 aliphatic rings. The highest BCUT2D eigenvalue weighted by Gasteiger charge is 2.41. The van der Waals surface area contributed by atoms with Crippen molar-refractivity contribution < 1.29 is 14.6 Å². The number of fused-ring (bicyclic) bond motifs is 2. The van der Waals surface area contributed by atoms with Crippen molar-refractivity contribution >= 4 is 5.97 Å². The van der Waals surface area contributed by atoms with Gasteiger partial charge in [-0.25, -0.2) is 0 Å². The van der Waals surface area contributed by atoms with Crippen LogP contribution < -0.4 is 0 Å². The number of carboxylic acid groups (broad SMARTS) is 1. The first kappa shape index (κ1) is 12.8. The second-order valence-electron chi connectivity index (χ2n) is 5.56. The van der Waals surface area contributed by atoms with Gasteiger partial charge in [0.2, 0.25) is 0 Å². The molecule has 2 bridgehead atoms. The summed E-state index contributed by atoms with van der Waals surface area (Å²) in [6, 6.07) is 1.19. The third-order valence-corrected chi connectivity index (χ3v) is 4.32. The lowest BCUT2D eigenvalue weighted by Crippen LogP contribution is -2.46. The highest BCUT2D eigenvalue weighted by atomic mass is 16.5. The van der Waals surface area contributed by atoms with Crippen molar-refractivity contribution in [2.45, 2.75) is 57.2 Å². The maximum absolute atomic E-state index is 10.8. The first-order chi connectivity index (χ1) is 8.10. The highest BCUT2D eigenvalue weighted by Crippen LogP contribution is 2.39. The zero-order valence-corrected chi connectivity index (χ0v) is 10.8. The van der Waals surface area contributed by atoms with E-state index in [1.165, 1.54) is 12.8 Å². The Hall–Kier alpha value is -0.610. The molecule has 0 radical (unpaired) electrons. The van der Waals surface area contributed by atoms with Crippen LogP contribution in [0.5, 0.6) is 0 Å². The number of carboxylic acids is 1. The molecule has 4 heteroatoms. The van der Waals surface area contributed by atoms with E-state index in [9.17, 15) is 4.79 Å². The van der Waals surface area contributed by atoms with Crippen LogP contribution in [0.4, 0.5) is 0 Å². The minimum absolute atomic E-state index is 0.272. The molecule has 0 spiro atoms. The summed E-state index contributed by atoms with van der Waals surface area (Å²) < 4.78 is 5.33. The van der Waals surface area contributed by atoms with E-state index < -0.39 is 5.97 Å². The number of carbonyl (C=O) groups is 1. The Morgan fingerprint density at radius 1 is 1.41 bits per heavy atom. The maximum atomic E-state index is 10.8. The van der Waals surface area contributed by atoms with E-state index in [0.717, 1.165) is 19.4 Å². The van der Waals surface area contributed by atoms with Crippen molar-refractivity contribution in [3.05, 3.63) is 0 Å². The second-order valence-corrected chi connectivity index (χ2v) is 5.56. The van der Waals surface area contributed by atoms with Crippen LogP contribution in [-0.2, 0) is 9.53 Å². The highest BCUT2D eigenvalue weighted by molar-refractivity contribution is 5.67. The number of hydrogen-bond acceptors (Lipinski definition) is 3. The lowest BCUT2D eigenvalue weighted by Gasteiger charge is -2.39. The summed E-state index contributed by atoms with van der Waals surface area (Å²) >= 11 is 0. The molecule has 2 heterocycles. The SMILES string of the molecule is COC(C)CN1C2CCC1CC(CC(=O)O)C2. The average Bonchev–Trinajstić information content (AvgIpc) is 2.50. The Labute approximate surface area is 103 Å². The summed E-state index contributed by atoms with van der Waals surface area (Å²) in [6.07, 6.45) is 5.20. The molecule has 3 unspecified atom stereocenters. The number of nitrogens with zero attached hydrogens (tertiary/aromatic N) is 1. The third kappa shape index (κ3) is 2.99. The van der Waals surface area contributed by atoms with Crippen LogP contribution in [0.1, 0.15) is 39.0 Å². The number of piperidine rings is 1. The van der Waals surface area contributed by atoms with Gasteiger partial charge in [-0.1, -0.05) is 0 Å². The molecule has 0 aliphatic carbocycles. The van der Waals surface area contributed by atoms with Crippen LogP contribution in [0.3, 0.4) is 0 Å². The standard InChI is InChI=1S/C13H23NO3/c1-9(17-2)8-14-11-3-4-12(14)6-10(5-11)7-13(15)16/h9-12H,3-8H2,1-2H3,(H,15,16). The van der Waals surface area contributed by atoms with Crippen molar-refractivity contribution in [1.29, 1.82) is 0 Å². The molecule has 2 saturated heterocycles. The molecule has 2 fully saturated rings. The summed E-state index contributed by atoms with van der Waals surface area (Å²) in [5, 5.41) is 8.87. The van der Waals surface area contributed by atoms with Crippen LogP contribution in [0.25, 0.3) is 0 Å². The molecule has 3 atom stereocenters. The molecule has 0 amide bonds. The average molecular weight is 241 g/mol. The van der Waals surface area contributed by atoms with Crippen LogP contribution in [0.15, 0.2) is 0 Å². The van der Waals surface area contributed by atoms with Gasteiger partial charge in [0, 0.05) is 32.2 Å². The fourth-order valence-corrected chi connectivity index (χ4v) is 3.47. The molecule has 2 aliphatic heterocycles. The Bertz CT molecular complexity index is 268. The van der Waals surface area contributed by atoms with E-state index in [1.54, 1.807) is 7.11 Å². The molecule has 0 aromatic heterocycles. The van der Waals surface area contributed by atoms with Crippen molar-refractivity contribution in [2.24, 2.45) is 5.92 Å². The number of ether oxygens (including phenoxy) is 1. The van der Waals surface area contributed by atoms with Gasteiger partial charge in [-0.3, -0.25) is 9.69 Å². The summed E-state index contributed by atoms with van der Waals surface area (Å²) in [6.45, 7) is 3.09. The Kier molecular flexibility index (Phi) is 4.05. The van der Waals surface area contributed by atoms with Gasteiger partial charge < -0.3 is 9.84 Å². The molecule has 4 nitrogen and oxygen atoms in total. The van der Waals surface area contributed by atoms with Crippen molar-refractivity contribution in [3.8, 4) is 0 Å². The number of hydrogen-bond donors (Lipinski definition) is 1. The van der Waals surface area contributed by atoms with E-state index in [2.05, 4.69) is 11.8 Å². The number of aliphatic carboxylic acids is 1. The third-order valence-electron chi connectivity index (χ3n) is 4.32. The zero-order valence-electron chi connectivity index (χ0n) is 10.8. The second kappa shape index (κ2) is 5.36. The van der Waals surface area contributed by atoms with E-state index in [-0.39, 0.29) is 6.10 Å². The largest absolute Gasteiger partial charge is 0.481 e. The quantitative estimate of drug-likeness (QED) is 0.796. The van der Waals surface area contributed by atoms with E-state index in [0.29, 0.717) is 24.4 Å². The Morgan fingerprint density at radius 3 is 2.47 bits per heavy atom. The molecular weight excluding hydrogens is 218 g/mol. The van der Waals surface area contributed by atoms with E-state index >= 15 is 0 Å². The fourth-order valence-electron chi connectivity index (χ4n) is 3.47. The molecule has 98 valence electrons. The van der Waals surface area contributed by atoms with Crippen molar-refractivity contribution in [1.82, 2.24) is 4.90 Å². The van der Waals surface area contributed by atoms with Crippen molar-refractivity contribution in [2.75, 3.05) is 13.7 Å².